The summed E-state index contributed by atoms with van der Waals surface area (Å²) in [5.41, 5.74) is 4.45. The Labute approximate surface area is 219 Å². The minimum Gasteiger partial charge on any atom is -0.491 e. The highest BCUT2D eigenvalue weighted by molar-refractivity contribution is 5.97. The number of para-hydroxylation sites is 3. The molecule has 0 radical (unpaired) electrons. The van der Waals surface area contributed by atoms with Crippen LogP contribution in [0, 0.1) is 0 Å². The van der Waals surface area contributed by atoms with Crippen LogP contribution < -0.4 is 10.1 Å². The number of H-pyrrole nitrogens is 1. The molecule has 1 unspecified atom stereocenters. The van der Waals surface area contributed by atoms with Crippen LogP contribution in [0.5, 0.6) is 5.75 Å². The van der Waals surface area contributed by atoms with Crippen LogP contribution in [0.3, 0.4) is 0 Å². The molecule has 0 aliphatic heterocycles. The zero-order chi connectivity index (χ0) is 26.6. The number of rotatable bonds is 9. The summed E-state index contributed by atoms with van der Waals surface area (Å²) >= 11 is 0. The van der Waals surface area contributed by atoms with Crippen LogP contribution in [-0.4, -0.2) is 51.2 Å². The van der Waals surface area contributed by atoms with Crippen molar-refractivity contribution in [1.29, 1.82) is 0 Å². The number of nitrogens with zero attached hydrogens (tertiary/aromatic N) is 3. The molecule has 5 rings (SSSR count). The first-order chi connectivity index (χ1) is 18.5. The van der Waals surface area contributed by atoms with Gasteiger partial charge in [-0.25, -0.2) is 14.8 Å². The first-order valence-corrected chi connectivity index (χ1v) is 12.5. The van der Waals surface area contributed by atoms with Crippen molar-refractivity contribution in [2.45, 2.75) is 19.8 Å². The highest BCUT2D eigenvalue weighted by Gasteiger charge is 2.20. The van der Waals surface area contributed by atoms with Gasteiger partial charge in [0.1, 0.15) is 29.6 Å². The lowest BCUT2D eigenvalue weighted by molar-refractivity contribution is 0.0521. The summed E-state index contributed by atoms with van der Waals surface area (Å²) in [5.74, 6) is 1.39. The number of carbonyl (C=O) groups is 2. The largest absolute Gasteiger partial charge is 0.491 e. The van der Waals surface area contributed by atoms with Gasteiger partial charge >= 0.3 is 5.97 Å². The smallest absolute Gasteiger partial charge is 0.341 e. The lowest BCUT2D eigenvalue weighted by atomic mass is 10.1. The minimum absolute atomic E-state index is 0.0632. The van der Waals surface area contributed by atoms with Gasteiger partial charge < -0.3 is 24.3 Å². The SMILES string of the molecule is CCOC(=O)c1ccccc1OCCNC(=O)c1ccc2nc(C(C)c3nc4ccccc4[nH]3)n(C)c2c1. The van der Waals surface area contributed by atoms with Crippen molar-refractivity contribution in [2.75, 3.05) is 19.8 Å². The number of aryl methyl sites for hydroxylation is 1. The number of carbonyl (C=O) groups excluding carboxylic acids is 2. The van der Waals surface area contributed by atoms with E-state index in [9.17, 15) is 9.59 Å². The number of imidazole rings is 2. The molecule has 5 aromatic rings. The third-order valence-electron chi connectivity index (χ3n) is 6.41. The van der Waals surface area contributed by atoms with Gasteiger partial charge in [-0.15, -0.1) is 0 Å². The standard InChI is InChI=1S/C29H29N5O4/c1-4-37-29(36)20-9-5-8-12-25(20)38-16-15-30-28(35)19-13-14-23-24(17-19)34(3)27(33-23)18(2)26-31-21-10-6-7-11-22(21)32-26/h5-14,17-18H,4,15-16H2,1-3H3,(H,30,35)(H,31,32). The van der Waals surface area contributed by atoms with Crippen molar-refractivity contribution >= 4 is 33.9 Å². The average Bonchev–Trinajstić information content (AvgIpc) is 3.52. The second kappa shape index (κ2) is 10.8. The van der Waals surface area contributed by atoms with E-state index in [0.29, 0.717) is 16.9 Å². The summed E-state index contributed by atoms with van der Waals surface area (Å²) in [5, 5.41) is 2.87. The molecule has 9 heteroatoms. The molecular weight excluding hydrogens is 482 g/mol. The fraction of sp³-hybridized carbons (Fsp3) is 0.241. The van der Waals surface area contributed by atoms with Crippen molar-refractivity contribution in [1.82, 2.24) is 24.8 Å². The van der Waals surface area contributed by atoms with Gasteiger partial charge in [0.2, 0.25) is 0 Å². The van der Waals surface area contributed by atoms with E-state index in [1.54, 1.807) is 37.3 Å². The van der Waals surface area contributed by atoms with Gasteiger partial charge in [0, 0.05) is 12.6 Å². The molecule has 0 bridgehead atoms. The molecule has 0 aliphatic carbocycles. The Hall–Kier alpha value is -4.66. The molecule has 1 amide bonds. The number of hydrogen-bond donors (Lipinski definition) is 2. The predicted molar refractivity (Wildman–Crippen MR) is 145 cm³/mol. The third-order valence-corrected chi connectivity index (χ3v) is 6.41. The van der Waals surface area contributed by atoms with Crippen molar-refractivity contribution in [2.24, 2.45) is 7.05 Å². The summed E-state index contributed by atoms with van der Waals surface area (Å²) in [6.45, 7) is 4.57. The molecule has 2 aromatic heterocycles. The van der Waals surface area contributed by atoms with Crippen LogP contribution in [-0.2, 0) is 11.8 Å². The first-order valence-electron chi connectivity index (χ1n) is 12.5. The maximum Gasteiger partial charge on any atom is 0.341 e. The molecule has 2 heterocycles. The number of nitrogens with one attached hydrogen (secondary N) is 2. The fourth-order valence-electron chi connectivity index (χ4n) is 4.43. The number of benzene rings is 3. The van der Waals surface area contributed by atoms with Gasteiger partial charge in [-0.2, -0.15) is 0 Å². The van der Waals surface area contributed by atoms with Crippen molar-refractivity contribution in [3.05, 3.63) is 89.5 Å². The van der Waals surface area contributed by atoms with Crippen molar-refractivity contribution in [3.8, 4) is 5.75 Å². The minimum atomic E-state index is -0.439. The molecule has 194 valence electrons. The number of amides is 1. The number of fused-ring (bicyclic) bond motifs is 2. The van der Waals surface area contributed by atoms with E-state index in [1.807, 2.05) is 48.0 Å². The van der Waals surface area contributed by atoms with E-state index in [1.165, 1.54) is 0 Å². The van der Waals surface area contributed by atoms with Gasteiger partial charge in [-0.1, -0.05) is 24.3 Å². The topological polar surface area (TPSA) is 111 Å². The fourth-order valence-corrected chi connectivity index (χ4v) is 4.43. The molecule has 3 aromatic carbocycles. The molecule has 1 atom stereocenters. The third kappa shape index (κ3) is 4.95. The quantitative estimate of drug-likeness (QED) is 0.221. The lowest BCUT2D eigenvalue weighted by Crippen LogP contribution is -2.28. The van der Waals surface area contributed by atoms with Crippen molar-refractivity contribution in [3.63, 3.8) is 0 Å². The lowest BCUT2D eigenvalue weighted by Gasteiger charge is -2.11. The monoisotopic (exact) mass is 511 g/mol. The zero-order valence-corrected chi connectivity index (χ0v) is 21.5. The van der Waals surface area contributed by atoms with Crippen LogP contribution in [0.15, 0.2) is 66.7 Å². The highest BCUT2D eigenvalue weighted by Crippen LogP contribution is 2.27. The Balaban J connectivity index is 1.25. The van der Waals surface area contributed by atoms with Gasteiger partial charge in [0.25, 0.3) is 5.91 Å². The van der Waals surface area contributed by atoms with Crippen LogP contribution in [0.2, 0.25) is 0 Å². The molecule has 0 aliphatic rings. The van der Waals surface area contributed by atoms with Gasteiger partial charge in [-0.3, -0.25) is 4.79 Å². The molecule has 9 nitrogen and oxygen atoms in total. The van der Waals surface area contributed by atoms with E-state index in [4.69, 9.17) is 19.4 Å². The number of aromatic nitrogens is 4. The Morgan fingerprint density at radius 1 is 1.03 bits per heavy atom. The van der Waals surface area contributed by atoms with E-state index in [2.05, 4.69) is 17.2 Å². The maximum absolute atomic E-state index is 12.8. The van der Waals surface area contributed by atoms with Crippen LogP contribution in [0.1, 0.15) is 52.1 Å². The average molecular weight is 512 g/mol. The highest BCUT2D eigenvalue weighted by atomic mass is 16.5. The van der Waals surface area contributed by atoms with E-state index in [0.717, 1.165) is 33.7 Å². The summed E-state index contributed by atoms with van der Waals surface area (Å²) in [6, 6.07) is 20.3. The summed E-state index contributed by atoms with van der Waals surface area (Å²) in [6.07, 6.45) is 0. The molecule has 0 spiro atoms. The number of hydrogen-bond acceptors (Lipinski definition) is 6. The van der Waals surface area contributed by atoms with Crippen LogP contribution in [0.25, 0.3) is 22.1 Å². The Morgan fingerprint density at radius 2 is 1.82 bits per heavy atom. The molecular formula is C29H29N5O4. The van der Waals surface area contributed by atoms with Gasteiger partial charge in [0.05, 0.1) is 41.1 Å². The van der Waals surface area contributed by atoms with Crippen molar-refractivity contribution < 1.29 is 19.1 Å². The molecule has 38 heavy (non-hydrogen) atoms. The van der Waals surface area contributed by atoms with E-state index < -0.39 is 5.97 Å². The molecule has 2 N–H and O–H groups in total. The van der Waals surface area contributed by atoms with E-state index in [-0.39, 0.29) is 31.6 Å². The maximum atomic E-state index is 12.8. The number of aromatic amines is 1. The Bertz CT molecular complexity index is 1590. The van der Waals surface area contributed by atoms with Crippen LogP contribution in [0.4, 0.5) is 0 Å². The second-order valence-electron chi connectivity index (χ2n) is 8.91. The summed E-state index contributed by atoms with van der Waals surface area (Å²) in [7, 11) is 1.94. The Morgan fingerprint density at radius 3 is 2.63 bits per heavy atom. The number of esters is 1. The molecule has 0 fully saturated rings. The molecule has 0 saturated heterocycles. The van der Waals surface area contributed by atoms with E-state index >= 15 is 0 Å². The van der Waals surface area contributed by atoms with Gasteiger partial charge in [-0.05, 0) is 56.3 Å². The predicted octanol–water partition coefficient (Wildman–Crippen LogP) is 4.59. The molecule has 0 saturated carbocycles. The Kier molecular flexibility index (Phi) is 7.08. The normalized spacial score (nSPS) is 12.0. The van der Waals surface area contributed by atoms with Crippen LogP contribution >= 0.6 is 0 Å². The summed E-state index contributed by atoms with van der Waals surface area (Å²) in [4.78, 5) is 37.9. The zero-order valence-electron chi connectivity index (χ0n) is 21.5. The van der Waals surface area contributed by atoms with Gasteiger partial charge in [0.15, 0.2) is 0 Å². The first kappa shape index (κ1) is 25.0. The summed E-state index contributed by atoms with van der Waals surface area (Å²) < 4.78 is 12.8. The number of ether oxygens (including phenoxy) is 2. The second-order valence-corrected chi connectivity index (χ2v) is 8.91.